The topological polar surface area (TPSA) is 89.1 Å². The number of aromatic nitrogens is 5. The fourth-order valence-electron chi connectivity index (χ4n) is 3.32. The molecule has 0 aliphatic heterocycles. The zero-order valence-electron chi connectivity index (χ0n) is 14.3. The zero-order valence-corrected chi connectivity index (χ0v) is 15.1. The molecule has 3 heterocycles. The summed E-state index contributed by atoms with van der Waals surface area (Å²) in [7, 11) is 0. The first-order chi connectivity index (χ1) is 12.1. The molecule has 1 fully saturated rings. The highest BCUT2D eigenvalue weighted by molar-refractivity contribution is 7.14. The summed E-state index contributed by atoms with van der Waals surface area (Å²) in [5.41, 5.74) is 3.44. The number of rotatable bonds is 4. The van der Waals surface area contributed by atoms with Gasteiger partial charge in [-0.2, -0.15) is 10.2 Å². The molecule has 3 aromatic rings. The van der Waals surface area contributed by atoms with Crippen LogP contribution in [-0.2, 0) is 0 Å². The maximum atomic E-state index is 12.4. The summed E-state index contributed by atoms with van der Waals surface area (Å²) in [5, 5.41) is 14.6. The van der Waals surface area contributed by atoms with Gasteiger partial charge in [0, 0.05) is 6.07 Å². The Morgan fingerprint density at radius 2 is 2.20 bits per heavy atom. The largest absolute Gasteiger partial charge is 0.330 e. The second-order valence-corrected chi connectivity index (χ2v) is 7.32. The molecule has 0 aromatic carbocycles. The molecule has 8 nitrogen and oxygen atoms in total. The summed E-state index contributed by atoms with van der Waals surface area (Å²) in [6, 6.07) is 1.83. The molecular formula is C16H21N7OS. The highest BCUT2D eigenvalue weighted by Gasteiger charge is 2.22. The van der Waals surface area contributed by atoms with Gasteiger partial charge in [0.25, 0.3) is 0 Å². The first kappa shape index (κ1) is 16.1. The average Bonchev–Trinajstić information content (AvgIpc) is 3.30. The van der Waals surface area contributed by atoms with Crippen molar-refractivity contribution in [2.45, 2.75) is 51.6 Å². The minimum absolute atomic E-state index is 0.210. The van der Waals surface area contributed by atoms with Crippen molar-refractivity contribution in [2.75, 3.05) is 5.32 Å². The second-order valence-electron chi connectivity index (χ2n) is 6.51. The van der Waals surface area contributed by atoms with Gasteiger partial charge in [-0.05, 0) is 26.7 Å². The number of carbonyl (C=O) groups excluding carboxylic acids is 1. The molecule has 2 amide bonds. The molecule has 1 atom stereocenters. The number of aryl methyl sites for hydroxylation is 1. The highest BCUT2D eigenvalue weighted by Crippen LogP contribution is 2.31. The number of urea groups is 1. The smallest absolute Gasteiger partial charge is 0.320 e. The molecule has 1 aliphatic carbocycles. The quantitative estimate of drug-likeness (QED) is 0.748. The van der Waals surface area contributed by atoms with Crippen LogP contribution in [0.25, 0.3) is 4.96 Å². The Kier molecular flexibility index (Phi) is 4.16. The van der Waals surface area contributed by atoms with Crippen LogP contribution in [0.2, 0.25) is 0 Å². The maximum Gasteiger partial charge on any atom is 0.320 e. The number of fused-ring (bicyclic) bond motifs is 1. The number of nitrogens with one attached hydrogen (secondary N) is 2. The molecule has 1 aliphatic rings. The van der Waals surface area contributed by atoms with E-state index >= 15 is 0 Å². The number of imidazole rings is 1. The van der Waals surface area contributed by atoms with E-state index in [1.54, 1.807) is 10.0 Å². The minimum atomic E-state index is -0.254. The van der Waals surface area contributed by atoms with Crippen molar-refractivity contribution in [1.29, 1.82) is 0 Å². The maximum absolute atomic E-state index is 12.4. The van der Waals surface area contributed by atoms with Crippen LogP contribution in [0.5, 0.6) is 0 Å². The molecule has 0 spiro atoms. The Morgan fingerprint density at radius 1 is 1.40 bits per heavy atom. The molecular weight excluding hydrogens is 338 g/mol. The van der Waals surface area contributed by atoms with Crippen molar-refractivity contribution < 1.29 is 4.79 Å². The highest BCUT2D eigenvalue weighted by atomic mass is 32.1. The van der Waals surface area contributed by atoms with E-state index in [0.717, 1.165) is 35.0 Å². The first-order valence-electron chi connectivity index (χ1n) is 8.52. The fourth-order valence-corrected chi connectivity index (χ4v) is 3.93. The van der Waals surface area contributed by atoms with E-state index in [2.05, 4.69) is 25.8 Å². The van der Waals surface area contributed by atoms with Gasteiger partial charge in [-0.1, -0.05) is 24.2 Å². The van der Waals surface area contributed by atoms with Gasteiger partial charge in [0.1, 0.15) is 11.3 Å². The summed E-state index contributed by atoms with van der Waals surface area (Å²) in [6.07, 6.45) is 6.51. The van der Waals surface area contributed by atoms with Gasteiger partial charge < -0.3 is 5.32 Å². The Morgan fingerprint density at radius 3 is 2.96 bits per heavy atom. The number of hydrogen-bond acceptors (Lipinski definition) is 5. The van der Waals surface area contributed by atoms with Crippen LogP contribution in [0.3, 0.4) is 0 Å². The van der Waals surface area contributed by atoms with Gasteiger partial charge in [0.05, 0.1) is 29.7 Å². The lowest BCUT2D eigenvalue weighted by atomic mass is 10.2. The number of hydrogen-bond donors (Lipinski definition) is 2. The Labute approximate surface area is 149 Å². The van der Waals surface area contributed by atoms with E-state index in [1.165, 1.54) is 24.2 Å². The third-order valence-electron chi connectivity index (χ3n) is 4.57. The van der Waals surface area contributed by atoms with Crippen molar-refractivity contribution in [3.05, 3.63) is 29.2 Å². The molecule has 132 valence electrons. The van der Waals surface area contributed by atoms with Gasteiger partial charge in [-0.25, -0.2) is 19.0 Å². The SMILES string of the molecule is Cc1cc(NC(=O)N[C@@H](C)c2cn3ncsc3n2)n(C2CCCC2)n1. The fraction of sp³-hybridized carbons (Fsp3) is 0.500. The Bertz CT molecular complexity index is 861. The minimum Gasteiger partial charge on any atom is -0.330 e. The van der Waals surface area contributed by atoms with Crippen LogP contribution in [-0.4, -0.2) is 30.4 Å². The van der Waals surface area contributed by atoms with Gasteiger partial charge >= 0.3 is 6.03 Å². The van der Waals surface area contributed by atoms with E-state index in [4.69, 9.17) is 0 Å². The monoisotopic (exact) mass is 359 g/mol. The first-order valence-corrected chi connectivity index (χ1v) is 9.40. The molecule has 0 radical (unpaired) electrons. The van der Waals surface area contributed by atoms with Gasteiger partial charge in [-0.15, -0.1) is 0 Å². The van der Waals surface area contributed by atoms with E-state index in [0.29, 0.717) is 6.04 Å². The van der Waals surface area contributed by atoms with Crippen LogP contribution in [0.4, 0.5) is 10.6 Å². The normalized spacial score (nSPS) is 16.4. The number of amides is 2. The van der Waals surface area contributed by atoms with E-state index in [-0.39, 0.29) is 12.1 Å². The third kappa shape index (κ3) is 3.23. The lowest BCUT2D eigenvalue weighted by Gasteiger charge is -2.16. The summed E-state index contributed by atoms with van der Waals surface area (Å²) < 4.78 is 3.68. The van der Waals surface area contributed by atoms with Crippen LogP contribution in [0.15, 0.2) is 17.8 Å². The summed E-state index contributed by atoms with van der Waals surface area (Å²) in [6.45, 7) is 3.85. The predicted molar refractivity (Wildman–Crippen MR) is 95.9 cm³/mol. The van der Waals surface area contributed by atoms with E-state index in [1.807, 2.05) is 30.8 Å². The van der Waals surface area contributed by atoms with Crippen LogP contribution < -0.4 is 10.6 Å². The molecule has 9 heteroatoms. The standard InChI is InChI=1S/C16H21N7OS/c1-10-7-14(23(21-10)12-5-3-4-6-12)20-15(24)18-11(2)13-8-22-16(19-13)25-9-17-22/h7-9,11-12H,3-6H2,1-2H3,(H2,18,20,24)/t11-/m0/s1. The van der Waals surface area contributed by atoms with Gasteiger partial charge in [0.2, 0.25) is 4.96 Å². The molecule has 3 aromatic heterocycles. The molecule has 0 bridgehead atoms. The van der Waals surface area contributed by atoms with Crippen LogP contribution in [0.1, 0.15) is 56.1 Å². The second kappa shape index (κ2) is 6.47. The van der Waals surface area contributed by atoms with Gasteiger partial charge in [0.15, 0.2) is 0 Å². The van der Waals surface area contributed by atoms with Crippen LogP contribution in [0, 0.1) is 6.92 Å². The lowest BCUT2D eigenvalue weighted by Crippen LogP contribution is -2.32. The zero-order chi connectivity index (χ0) is 17.4. The lowest BCUT2D eigenvalue weighted by molar-refractivity contribution is 0.249. The Balaban J connectivity index is 1.44. The molecule has 2 N–H and O–H groups in total. The summed E-state index contributed by atoms with van der Waals surface area (Å²) >= 11 is 1.47. The number of nitrogens with zero attached hydrogens (tertiary/aromatic N) is 5. The van der Waals surface area contributed by atoms with E-state index < -0.39 is 0 Å². The van der Waals surface area contributed by atoms with Crippen molar-refractivity contribution >= 4 is 28.1 Å². The molecule has 0 saturated heterocycles. The predicted octanol–water partition coefficient (Wildman–Crippen LogP) is 3.29. The molecule has 0 unspecified atom stereocenters. The average molecular weight is 359 g/mol. The van der Waals surface area contributed by atoms with Crippen molar-refractivity contribution in [3.8, 4) is 0 Å². The number of anilines is 1. The van der Waals surface area contributed by atoms with Crippen molar-refractivity contribution in [2.24, 2.45) is 0 Å². The van der Waals surface area contributed by atoms with E-state index in [9.17, 15) is 4.79 Å². The third-order valence-corrected chi connectivity index (χ3v) is 5.26. The summed E-state index contributed by atoms with van der Waals surface area (Å²) in [5.74, 6) is 0.751. The van der Waals surface area contributed by atoms with Gasteiger partial charge in [-0.3, -0.25) is 5.32 Å². The molecule has 4 rings (SSSR count). The van der Waals surface area contributed by atoms with Crippen LogP contribution >= 0.6 is 11.3 Å². The Hall–Kier alpha value is -2.42. The molecule has 25 heavy (non-hydrogen) atoms. The summed E-state index contributed by atoms with van der Waals surface area (Å²) in [4.78, 5) is 17.7. The van der Waals surface area contributed by atoms with Crippen molar-refractivity contribution in [3.63, 3.8) is 0 Å². The van der Waals surface area contributed by atoms with Crippen molar-refractivity contribution in [1.82, 2.24) is 29.7 Å². The molecule has 1 saturated carbocycles. The number of carbonyl (C=O) groups is 1.